The van der Waals surface area contributed by atoms with Crippen molar-refractivity contribution in [3.05, 3.63) is 35.9 Å². The van der Waals surface area contributed by atoms with Gasteiger partial charge in [0, 0.05) is 19.0 Å². The van der Waals surface area contributed by atoms with Crippen LogP contribution >= 0.6 is 0 Å². The van der Waals surface area contributed by atoms with E-state index in [2.05, 4.69) is 36.6 Å². The molecule has 2 atom stereocenters. The number of carbonyl (C=O) groups excluding carboxylic acids is 1. The molecule has 1 aliphatic heterocycles. The van der Waals surface area contributed by atoms with E-state index in [1.807, 2.05) is 18.2 Å². The minimum absolute atomic E-state index is 0.177. The SMILES string of the molecule is CC(C)C(CC(=O)NC1CCNC1)c1ccccc1. The fourth-order valence-corrected chi connectivity index (χ4v) is 2.70. The number of hydrogen-bond donors (Lipinski definition) is 2. The van der Waals surface area contributed by atoms with Crippen LogP contribution < -0.4 is 10.6 Å². The number of nitrogens with one attached hydrogen (secondary N) is 2. The van der Waals surface area contributed by atoms with Crippen LogP contribution in [-0.4, -0.2) is 25.0 Å². The molecule has 1 aromatic carbocycles. The number of carbonyl (C=O) groups is 1. The molecule has 0 spiro atoms. The lowest BCUT2D eigenvalue weighted by Crippen LogP contribution is -2.37. The highest BCUT2D eigenvalue weighted by molar-refractivity contribution is 5.77. The van der Waals surface area contributed by atoms with Gasteiger partial charge in [-0.05, 0) is 30.4 Å². The van der Waals surface area contributed by atoms with Gasteiger partial charge in [-0.15, -0.1) is 0 Å². The molecule has 1 saturated heterocycles. The Hall–Kier alpha value is -1.35. The molecule has 0 saturated carbocycles. The van der Waals surface area contributed by atoms with E-state index in [1.54, 1.807) is 0 Å². The first kappa shape index (κ1) is 14.1. The van der Waals surface area contributed by atoms with Gasteiger partial charge in [0.15, 0.2) is 0 Å². The van der Waals surface area contributed by atoms with Crippen molar-refractivity contribution >= 4 is 5.91 Å². The molecule has 2 N–H and O–H groups in total. The topological polar surface area (TPSA) is 41.1 Å². The number of amides is 1. The number of benzene rings is 1. The molecular weight excluding hydrogens is 236 g/mol. The van der Waals surface area contributed by atoms with Gasteiger partial charge in [-0.1, -0.05) is 44.2 Å². The smallest absolute Gasteiger partial charge is 0.220 e. The van der Waals surface area contributed by atoms with E-state index in [9.17, 15) is 4.79 Å². The highest BCUT2D eigenvalue weighted by Crippen LogP contribution is 2.27. The predicted octanol–water partition coefficient (Wildman–Crippen LogP) is 2.29. The summed E-state index contributed by atoms with van der Waals surface area (Å²) in [5, 5.41) is 6.40. The molecule has 104 valence electrons. The van der Waals surface area contributed by atoms with E-state index >= 15 is 0 Å². The molecule has 1 aliphatic rings. The average molecular weight is 260 g/mol. The van der Waals surface area contributed by atoms with Gasteiger partial charge in [0.1, 0.15) is 0 Å². The maximum atomic E-state index is 12.1. The van der Waals surface area contributed by atoms with E-state index in [0.29, 0.717) is 24.3 Å². The minimum Gasteiger partial charge on any atom is -0.352 e. The van der Waals surface area contributed by atoms with E-state index < -0.39 is 0 Å². The Morgan fingerprint density at radius 3 is 2.68 bits per heavy atom. The van der Waals surface area contributed by atoms with Crippen molar-refractivity contribution in [1.29, 1.82) is 0 Å². The molecule has 3 nitrogen and oxygen atoms in total. The minimum atomic E-state index is 0.177. The van der Waals surface area contributed by atoms with Crippen molar-refractivity contribution in [2.45, 2.75) is 38.6 Å². The van der Waals surface area contributed by atoms with Crippen LogP contribution in [0.1, 0.15) is 38.2 Å². The molecule has 0 radical (unpaired) electrons. The lowest BCUT2D eigenvalue weighted by molar-refractivity contribution is -0.122. The lowest BCUT2D eigenvalue weighted by Gasteiger charge is -2.22. The Labute approximate surface area is 115 Å². The number of rotatable bonds is 5. The zero-order valence-corrected chi connectivity index (χ0v) is 11.9. The summed E-state index contributed by atoms with van der Waals surface area (Å²) in [5.74, 6) is 0.946. The molecule has 0 aliphatic carbocycles. The molecule has 1 amide bonds. The summed E-state index contributed by atoms with van der Waals surface area (Å²) in [6.07, 6.45) is 1.63. The monoisotopic (exact) mass is 260 g/mol. The van der Waals surface area contributed by atoms with Crippen molar-refractivity contribution in [3.8, 4) is 0 Å². The van der Waals surface area contributed by atoms with E-state index in [4.69, 9.17) is 0 Å². The van der Waals surface area contributed by atoms with Gasteiger partial charge in [-0.2, -0.15) is 0 Å². The van der Waals surface area contributed by atoms with Crippen LogP contribution in [0.25, 0.3) is 0 Å². The predicted molar refractivity (Wildman–Crippen MR) is 78.1 cm³/mol. The van der Waals surface area contributed by atoms with E-state index in [0.717, 1.165) is 19.5 Å². The fourth-order valence-electron chi connectivity index (χ4n) is 2.70. The third kappa shape index (κ3) is 4.06. The second kappa shape index (κ2) is 6.71. The molecule has 0 bridgehead atoms. The van der Waals surface area contributed by atoms with E-state index in [1.165, 1.54) is 5.56 Å². The van der Waals surface area contributed by atoms with Crippen LogP contribution in [0.15, 0.2) is 30.3 Å². The Balaban J connectivity index is 1.95. The van der Waals surface area contributed by atoms with Gasteiger partial charge in [-0.3, -0.25) is 4.79 Å². The fraction of sp³-hybridized carbons (Fsp3) is 0.562. The van der Waals surface area contributed by atoms with Gasteiger partial charge in [0.05, 0.1) is 0 Å². The van der Waals surface area contributed by atoms with E-state index in [-0.39, 0.29) is 5.91 Å². The maximum absolute atomic E-state index is 12.1. The van der Waals surface area contributed by atoms with Crippen LogP contribution in [0.4, 0.5) is 0 Å². The molecule has 19 heavy (non-hydrogen) atoms. The molecule has 2 unspecified atom stereocenters. The first-order chi connectivity index (χ1) is 9.16. The van der Waals surface area contributed by atoms with Crippen molar-refractivity contribution in [3.63, 3.8) is 0 Å². The molecule has 3 heteroatoms. The summed E-state index contributed by atoms with van der Waals surface area (Å²) in [4.78, 5) is 12.1. The Kier molecular flexibility index (Phi) is 4.97. The second-order valence-electron chi connectivity index (χ2n) is 5.72. The highest BCUT2D eigenvalue weighted by atomic mass is 16.1. The van der Waals surface area contributed by atoms with Gasteiger partial charge in [-0.25, -0.2) is 0 Å². The first-order valence-electron chi connectivity index (χ1n) is 7.22. The van der Waals surface area contributed by atoms with Gasteiger partial charge in [0.2, 0.25) is 5.91 Å². The number of hydrogen-bond acceptors (Lipinski definition) is 2. The molecule has 1 aromatic rings. The largest absolute Gasteiger partial charge is 0.352 e. The van der Waals surface area contributed by atoms with Crippen molar-refractivity contribution < 1.29 is 4.79 Å². The summed E-state index contributed by atoms with van der Waals surface area (Å²) < 4.78 is 0. The summed E-state index contributed by atoms with van der Waals surface area (Å²) in [6, 6.07) is 10.7. The average Bonchev–Trinajstić information content (AvgIpc) is 2.89. The van der Waals surface area contributed by atoms with Crippen LogP contribution in [0.5, 0.6) is 0 Å². The zero-order valence-electron chi connectivity index (χ0n) is 11.9. The standard InChI is InChI=1S/C16H24N2O/c1-12(2)15(13-6-4-3-5-7-13)10-16(19)18-14-8-9-17-11-14/h3-7,12,14-15,17H,8-11H2,1-2H3,(H,18,19). The van der Waals surface area contributed by atoms with Gasteiger partial charge in [0.25, 0.3) is 0 Å². The molecule has 0 aromatic heterocycles. The van der Waals surface area contributed by atoms with Crippen LogP contribution in [0.2, 0.25) is 0 Å². The summed E-state index contributed by atoms with van der Waals surface area (Å²) >= 11 is 0. The Bertz CT molecular complexity index is 396. The Morgan fingerprint density at radius 2 is 2.11 bits per heavy atom. The maximum Gasteiger partial charge on any atom is 0.220 e. The van der Waals surface area contributed by atoms with Crippen molar-refractivity contribution in [1.82, 2.24) is 10.6 Å². The van der Waals surface area contributed by atoms with Gasteiger partial charge >= 0.3 is 0 Å². The van der Waals surface area contributed by atoms with Crippen LogP contribution in [0, 0.1) is 5.92 Å². The van der Waals surface area contributed by atoms with Gasteiger partial charge < -0.3 is 10.6 Å². The molecule has 2 rings (SSSR count). The quantitative estimate of drug-likeness (QED) is 0.853. The Morgan fingerprint density at radius 1 is 1.37 bits per heavy atom. The third-order valence-corrected chi connectivity index (χ3v) is 3.86. The lowest BCUT2D eigenvalue weighted by atomic mass is 9.85. The van der Waals surface area contributed by atoms with Crippen molar-refractivity contribution in [2.75, 3.05) is 13.1 Å². The molecular formula is C16H24N2O. The van der Waals surface area contributed by atoms with Crippen LogP contribution in [0.3, 0.4) is 0 Å². The molecule has 1 fully saturated rings. The zero-order chi connectivity index (χ0) is 13.7. The summed E-state index contributed by atoms with van der Waals surface area (Å²) in [5.41, 5.74) is 1.26. The highest BCUT2D eigenvalue weighted by Gasteiger charge is 2.22. The summed E-state index contributed by atoms with van der Waals surface area (Å²) in [7, 11) is 0. The van der Waals surface area contributed by atoms with Crippen molar-refractivity contribution in [2.24, 2.45) is 5.92 Å². The van der Waals surface area contributed by atoms with Crippen LogP contribution in [-0.2, 0) is 4.79 Å². The normalized spacial score (nSPS) is 20.5. The summed E-state index contributed by atoms with van der Waals surface area (Å²) in [6.45, 7) is 6.28. The second-order valence-corrected chi connectivity index (χ2v) is 5.72. The first-order valence-corrected chi connectivity index (χ1v) is 7.22. The third-order valence-electron chi connectivity index (χ3n) is 3.86. The molecule has 1 heterocycles.